The fourth-order valence-electron chi connectivity index (χ4n) is 2.78. The van der Waals surface area contributed by atoms with Crippen molar-refractivity contribution in [2.45, 2.75) is 39.0 Å². The van der Waals surface area contributed by atoms with Crippen LogP contribution >= 0.6 is 0 Å². The van der Waals surface area contributed by atoms with Gasteiger partial charge in [0, 0.05) is 31.2 Å². The number of rotatable bonds is 5. The van der Waals surface area contributed by atoms with Crippen molar-refractivity contribution < 1.29 is 9.53 Å². The highest BCUT2D eigenvalue weighted by molar-refractivity contribution is 5.76. The minimum atomic E-state index is 0.0772. The number of hydrogen-bond acceptors (Lipinski definition) is 4. The van der Waals surface area contributed by atoms with Crippen molar-refractivity contribution in [3.8, 4) is 0 Å². The molecule has 0 aromatic carbocycles. The molecule has 1 aliphatic rings. The van der Waals surface area contributed by atoms with E-state index >= 15 is 0 Å². The van der Waals surface area contributed by atoms with E-state index < -0.39 is 0 Å². The summed E-state index contributed by atoms with van der Waals surface area (Å²) in [5, 5.41) is 4.18. The Labute approximate surface area is 136 Å². The van der Waals surface area contributed by atoms with E-state index in [0.29, 0.717) is 19.7 Å². The summed E-state index contributed by atoms with van der Waals surface area (Å²) in [6.45, 7) is 4.18. The van der Waals surface area contributed by atoms with Gasteiger partial charge >= 0.3 is 0 Å². The molecule has 3 rings (SSSR count). The highest BCUT2D eigenvalue weighted by Crippen LogP contribution is 2.15. The molecule has 23 heavy (non-hydrogen) atoms. The number of carbonyl (C=O) groups excluding carboxylic acids is 1. The maximum atomic E-state index is 12.4. The highest BCUT2D eigenvalue weighted by Gasteiger charge is 2.24. The van der Waals surface area contributed by atoms with Gasteiger partial charge < -0.3 is 9.64 Å². The first-order valence-corrected chi connectivity index (χ1v) is 8.00. The molecule has 1 atom stereocenters. The van der Waals surface area contributed by atoms with Gasteiger partial charge in [-0.3, -0.25) is 14.5 Å². The van der Waals surface area contributed by atoms with Crippen LogP contribution in [0, 0.1) is 6.92 Å². The second kappa shape index (κ2) is 7.37. The third-order valence-electron chi connectivity index (χ3n) is 4.14. The number of carbonyl (C=O) groups is 1. The molecular formula is C17H22N4O2. The van der Waals surface area contributed by atoms with Crippen LogP contribution in [0.4, 0.5) is 0 Å². The molecule has 1 aliphatic heterocycles. The molecule has 1 unspecified atom stereocenters. The molecule has 1 amide bonds. The lowest BCUT2D eigenvalue weighted by Crippen LogP contribution is -2.44. The summed E-state index contributed by atoms with van der Waals surface area (Å²) in [5.41, 5.74) is 1.92. The zero-order chi connectivity index (χ0) is 16.1. The summed E-state index contributed by atoms with van der Waals surface area (Å²) in [6, 6.07) is 7.70. The van der Waals surface area contributed by atoms with Gasteiger partial charge in [-0.2, -0.15) is 5.10 Å². The van der Waals surface area contributed by atoms with Gasteiger partial charge in [0.25, 0.3) is 0 Å². The number of pyridine rings is 1. The van der Waals surface area contributed by atoms with Crippen molar-refractivity contribution in [2.75, 3.05) is 13.1 Å². The van der Waals surface area contributed by atoms with Crippen molar-refractivity contribution in [1.29, 1.82) is 0 Å². The first-order chi connectivity index (χ1) is 11.2. The number of likely N-dealkylation sites (tertiary alicyclic amines) is 1. The number of aryl methyl sites for hydroxylation is 1. The third kappa shape index (κ3) is 4.16. The normalized spacial score (nSPS) is 18.1. The zero-order valence-corrected chi connectivity index (χ0v) is 13.4. The minimum Gasteiger partial charge on any atom is -0.370 e. The van der Waals surface area contributed by atoms with Crippen LogP contribution in [-0.2, 0) is 22.7 Å². The van der Waals surface area contributed by atoms with Crippen LogP contribution in [0.5, 0.6) is 0 Å². The molecule has 3 heterocycles. The van der Waals surface area contributed by atoms with E-state index in [1.807, 2.05) is 36.1 Å². The van der Waals surface area contributed by atoms with Crippen molar-refractivity contribution in [1.82, 2.24) is 19.7 Å². The Morgan fingerprint density at radius 2 is 2.26 bits per heavy atom. The van der Waals surface area contributed by atoms with Gasteiger partial charge in [-0.15, -0.1) is 0 Å². The lowest BCUT2D eigenvalue weighted by molar-refractivity contribution is -0.136. The van der Waals surface area contributed by atoms with Crippen molar-refractivity contribution in [3.05, 3.63) is 48.0 Å². The predicted octanol–water partition coefficient (Wildman–Crippen LogP) is 1.79. The lowest BCUT2D eigenvalue weighted by atomic mass is 10.1. The molecule has 2 aromatic heterocycles. The van der Waals surface area contributed by atoms with E-state index in [4.69, 9.17) is 4.74 Å². The molecule has 0 radical (unpaired) electrons. The summed E-state index contributed by atoms with van der Waals surface area (Å²) in [6.07, 6.45) is 5.52. The van der Waals surface area contributed by atoms with Crippen LogP contribution in [0.25, 0.3) is 0 Å². The summed E-state index contributed by atoms with van der Waals surface area (Å²) in [7, 11) is 0. The first kappa shape index (κ1) is 15.7. The summed E-state index contributed by atoms with van der Waals surface area (Å²) >= 11 is 0. The predicted molar refractivity (Wildman–Crippen MR) is 85.6 cm³/mol. The van der Waals surface area contributed by atoms with Gasteiger partial charge in [-0.05, 0) is 38.0 Å². The van der Waals surface area contributed by atoms with E-state index in [1.165, 1.54) is 0 Å². The second-order valence-electron chi connectivity index (χ2n) is 5.87. The summed E-state index contributed by atoms with van der Waals surface area (Å²) < 4.78 is 7.67. The van der Waals surface area contributed by atoms with Crippen LogP contribution in [0.3, 0.4) is 0 Å². The van der Waals surface area contributed by atoms with Crippen molar-refractivity contribution >= 4 is 5.91 Å². The van der Waals surface area contributed by atoms with E-state index in [1.54, 1.807) is 17.1 Å². The number of amides is 1. The standard InChI is InChI=1S/C17H22N4O2/c1-14-7-9-19-21(14)12-17(22)20-10-4-6-16(11-20)23-13-15-5-2-3-8-18-15/h2-3,5,7-9,16H,4,6,10-13H2,1H3. The molecule has 1 fully saturated rings. The highest BCUT2D eigenvalue weighted by atomic mass is 16.5. The molecule has 6 nitrogen and oxygen atoms in total. The monoisotopic (exact) mass is 314 g/mol. The van der Waals surface area contributed by atoms with Crippen LogP contribution in [-0.4, -0.2) is 44.8 Å². The molecule has 0 N–H and O–H groups in total. The summed E-state index contributed by atoms with van der Waals surface area (Å²) in [4.78, 5) is 18.6. The molecule has 0 saturated carbocycles. The first-order valence-electron chi connectivity index (χ1n) is 8.00. The number of hydrogen-bond donors (Lipinski definition) is 0. The van der Waals surface area contributed by atoms with Crippen LogP contribution in [0.2, 0.25) is 0 Å². The molecule has 0 aliphatic carbocycles. The van der Waals surface area contributed by atoms with Gasteiger partial charge in [0.15, 0.2) is 0 Å². The van der Waals surface area contributed by atoms with Gasteiger partial charge in [0.05, 0.1) is 18.4 Å². The van der Waals surface area contributed by atoms with E-state index in [0.717, 1.165) is 30.8 Å². The van der Waals surface area contributed by atoms with Gasteiger partial charge in [-0.1, -0.05) is 6.07 Å². The van der Waals surface area contributed by atoms with Crippen LogP contribution in [0.1, 0.15) is 24.2 Å². The maximum Gasteiger partial charge on any atom is 0.244 e. The third-order valence-corrected chi connectivity index (χ3v) is 4.14. The lowest BCUT2D eigenvalue weighted by Gasteiger charge is -2.32. The Morgan fingerprint density at radius 3 is 3.00 bits per heavy atom. The summed E-state index contributed by atoms with van der Waals surface area (Å²) in [5.74, 6) is 0.0999. The second-order valence-corrected chi connectivity index (χ2v) is 5.87. The van der Waals surface area contributed by atoms with E-state index in [9.17, 15) is 4.79 Å². The minimum absolute atomic E-state index is 0.0772. The number of ether oxygens (including phenoxy) is 1. The number of piperidine rings is 1. The molecule has 2 aromatic rings. The Morgan fingerprint density at radius 1 is 1.35 bits per heavy atom. The molecule has 0 bridgehead atoms. The maximum absolute atomic E-state index is 12.4. The van der Waals surface area contributed by atoms with E-state index in [2.05, 4.69) is 10.1 Å². The SMILES string of the molecule is Cc1ccnn1CC(=O)N1CCCC(OCc2ccccn2)C1. The molecule has 122 valence electrons. The Kier molecular flexibility index (Phi) is 5.02. The largest absolute Gasteiger partial charge is 0.370 e. The quantitative estimate of drug-likeness (QED) is 0.844. The number of aromatic nitrogens is 3. The smallest absolute Gasteiger partial charge is 0.244 e. The zero-order valence-electron chi connectivity index (χ0n) is 13.4. The molecule has 0 spiro atoms. The Balaban J connectivity index is 1.51. The average Bonchev–Trinajstić information content (AvgIpc) is 2.99. The Bertz CT molecular complexity index is 641. The van der Waals surface area contributed by atoms with Gasteiger partial charge in [0.1, 0.15) is 6.54 Å². The molecule has 6 heteroatoms. The van der Waals surface area contributed by atoms with Crippen LogP contribution < -0.4 is 0 Å². The fourth-order valence-corrected chi connectivity index (χ4v) is 2.78. The fraction of sp³-hybridized carbons (Fsp3) is 0.471. The van der Waals surface area contributed by atoms with Crippen LogP contribution in [0.15, 0.2) is 36.7 Å². The number of nitrogens with zero attached hydrogens (tertiary/aromatic N) is 4. The van der Waals surface area contributed by atoms with Crippen molar-refractivity contribution in [2.24, 2.45) is 0 Å². The topological polar surface area (TPSA) is 60.2 Å². The Hall–Kier alpha value is -2.21. The van der Waals surface area contributed by atoms with Gasteiger partial charge in [-0.25, -0.2) is 0 Å². The van der Waals surface area contributed by atoms with E-state index in [-0.39, 0.29) is 12.0 Å². The molecule has 1 saturated heterocycles. The average molecular weight is 314 g/mol. The molecular weight excluding hydrogens is 292 g/mol. The van der Waals surface area contributed by atoms with Crippen molar-refractivity contribution in [3.63, 3.8) is 0 Å². The van der Waals surface area contributed by atoms with Gasteiger partial charge in [0.2, 0.25) is 5.91 Å².